The zero-order chi connectivity index (χ0) is 16.9. The number of aromatic carboxylic acids is 1. The number of ether oxygens (including phenoxy) is 1. The van der Waals surface area contributed by atoms with Crippen LogP contribution in [0.2, 0.25) is 0 Å². The van der Waals surface area contributed by atoms with Gasteiger partial charge in [0.05, 0.1) is 12.7 Å². The third-order valence-corrected chi connectivity index (χ3v) is 4.17. The van der Waals surface area contributed by atoms with Gasteiger partial charge < -0.3 is 14.3 Å². The fraction of sp³-hybridized carbons (Fsp3) is 0.118. The second kappa shape index (κ2) is 7.18. The van der Waals surface area contributed by atoms with Gasteiger partial charge in [-0.1, -0.05) is 23.9 Å². The third-order valence-electron chi connectivity index (χ3n) is 3.28. The Balaban J connectivity index is 1.67. The number of thioether (sulfide) groups is 1. The summed E-state index contributed by atoms with van der Waals surface area (Å²) in [6.07, 6.45) is 0. The predicted molar refractivity (Wildman–Crippen MR) is 89.2 cm³/mol. The number of hydrogen-bond acceptors (Lipinski definition) is 6. The zero-order valence-electron chi connectivity index (χ0n) is 12.8. The highest BCUT2D eigenvalue weighted by Crippen LogP contribution is 2.27. The molecule has 0 atom stereocenters. The molecule has 0 aliphatic carbocycles. The highest BCUT2D eigenvalue weighted by molar-refractivity contribution is 7.98. The van der Waals surface area contributed by atoms with Crippen molar-refractivity contribution in [1.82, 2.24) is 10.2 Å². The number of rotatable bonds is 6. The van der Waals surface area contributed by atoms with Gasteiger partial charge in [0, 0.05) is 11.3 Å². The van der Waals surface area contributed by atoms with Gasteiger partial charge in [-0.05, 0) is 42.0 Å². The Morgan fingerprint density at radius 3 is 2.71 bits per heavy atom. The van der Waals surface area contributed by atoms with Crippen LogP contribution in [0.15, 0.2) is 58.2 Å². The van der Waals surface area contributed by atoms with Gasteiger partial charge in [-0.25, -0.2) is 4.79 Å². The number of carboxylic acid groups (broad SMARTS) is 1. The Bertz CT molecular complexity index is 846. The Kier molecular flexibility index (Phi) is 4.81. The van der Waals surface area contributed by atoms with Crippen molar-refractivity contribution in [3.05, 3.63) is 59.7 Å². The van der Waals surface area contributed by atoms with Crippen LogP contribution in [-0.4, -0.2) is 28.4 Å². The molecule has 0 saturated heterocycles. The molecule has 0 radical (unpaired) electrons. The van der Waals surface area contributed by atoms with E-state index in [4.69, 9.17) is 14.3 Å². The quantitative estimate of drug-likeness (QED) is 0.683. The van der Waals surface area contributed by atoms with Crippen molar-refractivity contribution in [3.8, 4) is 17.2 Å². The van der Waals surface area contributed by atoms with Crippen molar-refractivity contribution in [1.29, 1.82) is 0 Å². The summed E-state index contributed by atoms with van der Waals surface area (Å²) in [6, 6.07) is 14.1. The minimum atomic E-state index is -0.943. The Morgan fingerprint density at radius 1 is 1.21 bits per heavy atom. The van der Waals surface area contributed by atoms with Gasteiger partial charge in [0.25, 0.3) is 5.22 Å². The molecule has 3 rings (SSSR count). The minimum absolute atomic E-state index is 0.262. The van der Waals surface area contributed by atoms with Crippen LogP contribution in [0.5, 0.6) is 5.75 Å². The van der Waals surface area contributed by atoms with Crippen LogP contribution in [0, 0.1) is 0 Å². The molecule has 0 unspecified atom stereocenters. The van der Waals surface area contributed by atoms with Crippen molar-refractivity contribution in [2.75, 3.05) is 7.11 Å². The summed E-state index contributed by atoms with van der Waals surface area (Å²) >= 11 is 1.36. The molecule has 3 aromatic rings. The van der Waals surface area contributed by atoms with Crippen molar-refractivity contribution in [2.24, 2.45) is 0 Å². The highest BCUT2D eigenvalue weighted by Gasteiger charge is 2.10. The lowest BCUT2D eigenvalue weighted by Crippen LogP contribution is -1.96. The molecule has 24 heavy (non-hydrogen) atoms. The van der Waals surface area contributed by atoms with Gasteiger partial charge in [0.15, 0.2) is 0 Å². The fourth-order valence-corrected chi connectivity index (χ4v) is 2.76. The van der Waals surface area contributed by atoms with Crippen LogP contribution >= 0.6 is 11.8 Å². The molecule has 0 aliphatic rings. The largest absolute Gasteiger partial charge is 0.497 e. The lowest BCUT2D eigenvalue weighted by Gasteiger charge is -2.00. The SMILES string of the molecule is COc1ccc(-c2nnc(SCc3cccc(C(=O)O)c3)o2)cc1. The standard InChI is InChI=1S/C17H14N2O4S/c1-22-14-7-5-12(6-8-14)15-18-19-17(23-15)24-10-11-3-2-4-13(9-11)16(20)21/h2-9H,10H2,1H3,(H,20,21). The molecule has 2 aromatic carbocycles. The smallest absolute Gasteiger partial charge is 0.335 e. The van der Waals surface area contributed by atoms with Crippen LogP contribution in [0.25, 0.3) is 11.5 Å². The van der Waals surface area contributed by atoms with Crippen molar-refractivity contribution in [3.63, 3.8) is 0 Å². The molecule has 0 amide bonds. The first kappa shape index (κ1) is 16.1. The van der Waals surface area contributed by atoms with E-state index in [2.05, 4.69) is 10.2 Å². The number of methoxy groups -OCH3 is 1. The average Bonchev–Trinajstić information content (AvgIpc) is 3.09. The molecule has 0 fully saturated rings. The summed E-state index contributed by atoms with van der Waals surface area (Å²) < 4.78 is 10.7. The lowest BCUT2D eigenvalue weighted by atomic mass is 10.1. The average molecular weight is 342 g/mol. The van der Waals surface area contributed by atoms with E-state index in [9.17, 15) is 4.79 Å². The van der Waals surface area contributed by atoms with E-state index in [1.54, 1.807) is 25.3 Å². The fourth-order valence-electron chi connectivity index (χ4n) is 2.06. The van der Waals surface area contributed by atoms with Gasteiger partial charge in [-0.2, -0.15) is 0 Å². The summed E-state index contributed by atoms with van der Waals surface area (Å²) in [7, 11) is 1.61. The third kappa shape index (κ3) is 3.75. The number of nitrogens with zero attached hydrogens (tertiary/aromatic N) is 2. The molecule has 6 nitrogen and oxygen atoms in total. The molecule has 1 N–H and O–H groups in total. The molecule has 0 spiro atoms. The van der Waals surface area contributed by atoms with Crippen LogP contribution in [0.1, 0.15) is 15.9 Å². The number of aromatic nitrogens is 2. The van der Waals surface area contributed by atoms with E-state index in [1.807, 2.05) is 30.3 Å². The maximum atomic E-state index is 11.0. The van der Waals surface area contributed by atoms with Crippen LogP contribution in [0.4, 0.5) is 0 Å². The Morgan fingerprint density at radius 2 is 2.00 bits per heavy atom. The number of carboxylic acids is 1. The van der Waals surface area contributed by atoms with E-state index in [0.717, 1.165) is 16.9 Å². The maximum absolute atomic E-state index is 11.0. The van der Waals surface area contributed by atoms with Crippen molar-refractivity contribution in [2.45, 2.75) is 11.0 Å². The first-order chi connectivity index (χ1) is 11.7. The van der Waals surface area contributed by atoms with E-state index in [-0.39, 0.29) is 5.56 Å². The highest BCUT2D eigenvalue weighted by atomic mass is 32.2. The van der Waals surface area contributed by atoms with Gasteiger partial charge in [0.2, 0.25) is 5.89 Å². The molecule has 0 aliphatic heterocycles. The number of benzene rings is 2. The summed E-state index contributed by atoms with van der Waals surface area (Å²) in [5.41, 5.74) is 1.95. The maximum Gasteiger partial charge on any atom is 0.335 e. The van der Waals surface area contributed by atoms with Crippen LogP contribution in [0.3, 0.4) is 0 Å². The molecule has 0 saturated carbocycles. The Hall–Kier alpha value is -2.80. The van der Waals surface area contributed by atoms with Gasteiger partial charge in [-0.15, -0.1) is 10.2 Å². The van der Waals surface area contributed by atoms with Gasteiger partial charge in [-0.3, -0.25) is 0 Å². The van der Waals surface area contributed by atoms with E-state index >= 15 is 0 Å². The summed E-state index contributed by atoms with van der Waals surface area (Å²) in [5.74, 6) is 0.790. The van der Waals surface area contributed by atoms with Crippen LogP contribution < -0.4 is 4.74 Å². The normalized spacial score (nSPS) is 10.5. The first-order valence-corrected chi connectivity index (χ1v) is 8.07. The van der Waals surface area contributed by atoms with Gasteiger partial charge in [0.1, 0.15) is 5.75 Å². The van der Waals surface area contributed by atoms with E-state index in [1.165, 1.54) is 11.8 Å². The minimum Gasteiger partial charge on any atom is -0.497 e. The summed E-state index contributed by atoms with van der Waals surface area (Å²) in [4.78, 5) is 11.0. The summed E-state index contributed by atoms with van der Waals surface area (Å²) in [6.45, 7) is 0. The zero-order valence-corrected chi connectivity index (χ0v) is 13.6. The van der Waals surface area contributed by atoms with E-state index < -0.39 is 5.97 Å². The molecular formula is C17H14N2O4S. The second-order valence-corrected chi connectivity index (χ2v) is 5.82. The second-order valence-electron chi connectivity index (χ2n) is 4.90. The van der Waals surface area contributed by atoms with E-state index in [0.29, 0.717) is 16.9 Å². The molecular weight excluding hydrogens is 328 g/mol. The first-order valence-electron chi connectivity index (χ1n) is 7.08. The molecule has 0 bridgehead atoms. The van der Waals surface area contributed by atoms with Crippen molar-refractivity contribution < 1.29 is 19.1 Å². The van der Waals surface area contributed by atoms with Crippen molar-refractivity contribution >= 4 is 17.7 Å². The predicted octanol–water partition coefficient (Wildman–Crippen LogP) is 3.74. The topological polar surface area (TPSA) is 85.5 Å². The Labute approximate surface area is 142 Å². The molecule has 122 valence electrons. The monoisotopic (exact) mass is 342 g/mol. The lowest BCUT2D eigenvalue weighted by molar-refractivity contribution is 0.0697. The molecule has 1 heterocycles. The van der Waals surface area contributed by atoms with Crippen LogP contribution in [-0.2, 0) is 5.75 Å². The molecule has 7 heteroatoms. The number of carbonyl (C=O) groups is 1. The molecule has 1 aromatic heterocycles. The van der Waals surface area contributed by atoms with Gasteiger partial charge >= 0.3 is 5.97 Å². The summed E-state index contributed by atoms with van der Waals surface area (Å²) in [5, 5.41) is 17.5. The number of hydrogen-bond donors (Lipinski definition) is 1.